The molecular weight excluding hydrogens is 432 g/mol. The van der Waals surface area contributed by atoms with Crippen LogP contribution in [0.25, 0.3) is 0 Å². The molecule has 0 aliphatic carbocycles. The largest absolute Gasteiger partial charge is 0.506 e. The molecule has 33 heavy (non-hydrogen) atoms. The Labute approximate surface area is 190 Å². The van der Waals surface area contributed by atoms with E-state index in [-0.39, 0.29) is 19.8 Å². The van der Waals surface area contributed by atoms with Crippen molar-refractivity contribution in [1.29, 1.82) is 0 Å². The number of rotatable bonds is 6. The van der Waals surface area contributed by atoms with Crippen molar-refractivity contribution in [1.82, 2.24) is 9.88 Å². The Hall–Kier alpha value is -3.66. The van der Waals surface area contributed by atoms with E-state index in [4.69, 9.17) is 9.47 Å². The summed E-state index contributed by atoms with van der Waals surface area (Å²) in [4.78, 5) is 49.5. The minimum absolute atomic E-state index is 0.0368. The fourth-order valence-electron chi connectivity index (χ4n) is 3.41. The predicted octanol–water partition coefficient (Wildman–Crippen LogP) is 1.49. The highest BCUT2D eigenvalue weighted by Gasteiger charge is 2.29. The minimum atomic E-state index is -0.896. The van der Waals surface area contributed by atoms with Gasteiger partial charge in [0.15, 0.2) is 0 Å². The van der Waals surface area contributed by atoms with Gasteiger partial charge in [-0.1, -0.05) is 12.1 Å². The smallest absolute Gasteiger partial charge is 0.337 e. The Morgan fingerprint density at radius 2 is 1.82 bits per heavy atom. The van der Waals surface area contributed by atoms with Crippen molar-refractivity contribution in [2.24, 2.45) is 0 Å². The van der Waals surface area contributed by atoms with Crippen molar-refractivity contribution in [3.63, 3.8) is 0 Å². The number of ether oxygens (including phenoxy) is 3. The van der Waals surface area contributed by atoms with Crippen molar-refractivity contribution in [2.75, 3.05) is 13.7 Å². The lowest BCUT2D eigenvalue weighted by Gasteiger charge is -2.20. The van der Waals surface area contributed by atoms with Crippen molar-refractivity contribution in [2.45, 2.75) is 46.1 Å². The lowest BCUT2D eigenvalue weighted by molar-refractivity contribution is -0.153. The molecule has 1 aromatic heterocycles. The van der Waals surface area contributed by atoms with E-state index in [0.29, 0.717) is 22.4 Å². The summed E-state index contributed by atoms with van der Waals surface area (Å²) in [5.74, 6) is -2.52. The van der Waals surface area contributed by atoms with Gasteiger partial charge in [-0.15, -0.1) is 0 Å². The number of fused-ring (bicyclic) bond motifs is 1. The monoisotopic (exact) mass is 458 g/mol. The number of hydrogen-bond acceptors (Lipinski definition) is 8. The van der Waals surface area contributed by atoms with Crippen LogP contribution in [0.5, 0.6) is 5.75 Å². The van der Waals surface area contributed by atoms with E-state index in [1.165, 1.54) is 11.7 Å². The van der Waals surface area contributed by atoms with Gasteiger partial charge >= 0.3 is 11.9 Å². The molecule has 10 nitrogen and oxygen atoms in total. The van der Waals surface area contributed by atoms with E-state index in [1.807, 2.05) is 0 Å². The van der Waals surface area contributed by atoms with E-state index in [0.717, 1.165) is 0 Å². The maximum atomic E-state index is 13.2. The number of aromatic nitrogens is 1. The number of esters is 2. The van der Waals surface area contributed by atoms with Gasteiger partial charge in [0.05, 0.1) is 38.1 Å². The Morgan fingerprint density at radius 1 is 1.15 bits per heavy atom. The van der Waals surface area contributed by atoms with Gasteiger partial charge in [-0.05, 0) is 38.5 Å². The molecule has 1 aromatic carbocycles. The van der Waals surface area contributed by atoms with Crippen molar-refractivity contribution >= 4 is 17.8 Å². The van der Waals surface area contributed by atoms with Crippen molar-refractivity contribution in [3.8, 4) is 5.75 Å². The van der Waals surface area contributed by atoms with Crippen LogP contribution >= 0.6 is 0 Å². The first-order valence-electron chi connectivity index (χ1n) is 10.2. The number of nitrogens with zero attached hydrogens (tertiary/aromatic N) is 1. The van der Waals surface area contributed by atoms with Crippen LogP contribution < -0.4 is 10.9 Å². The zero-order chi connectivity index (χ0) is 24.3. The van der Waals surface area contributed by atoms with E-state index >= 15 is 0 Å². The van der Waals surface area contributed by atoms with Crippen LogP contribution in [0, 0.1) is 0 Å². The molecule has 0 fully saturated rings. The summed E-state index contributed by atoms with van der Waals surface area (Å²) in [6, 6.07) is 6.46. The summed E-state index contributed by atoms with van der Waals surface area (Å²) in [5.41, 5.74) is -0.101. The molecule has 0 atom stereocenters. The summed E-state index contributed by atoms with van der Waals surface area (Å²) >= 11 is 0. The number of nitrogens with one attached hydrogen (secondary N) is 1. The number of hydrogen-bond donors (Lipinski definition) is 2. The second-order valence-corrected chi connectivity index (χ2v) is 8.49. The molecule has 2 heterocycles. The van der Waals surface area contributed by atoms with Gasteiger partial charge in [-0.3, -0.25) is 14.4 Å². The van der Waals surface area contributed by atoms with Crippen molar-refractivity contribution < 1.29 is 33.7 Å². The van der Waals surface area contributed by atoms with Gasteiger partial charge in [-0.25, -0.2) is 4.79 Å². The van der Waals surface area contributed by atoms with Gasteiger partial charge in [0.25, 0.3) is 11.5 Å². The van der Waals surface area contributed by atoms with Gasteiger partial charge in [0, 0.05) is 5.56 Å². The van der Waals surface area contributed by atoms with Crippen LogP contribution in [-0.4, -0.2) is 46.8 Å². The number of aromatic hydroxyl groups is 1. The first-order valence-corrected chi connectivity index (χ1v) is 10.2. The van der Waals surface area contributed by atoms with Crippen LogP contribution in [0.15, 0.2) is 29.1 Å². The molecule has 10 heteroatoms. The molecule has 2 N–H and O–H groups in total. The first-order chi connectivity index (χ1) is 15.5. The van der Waals surface area contributed by atoms with Gasteiger partial charge in [0.1, 0.15) is 23.5 Å². The SMILES string of the molecule is COC(=O)c1ccc(Cn2c3c(c(O)c(C(=O)NCC(=O)OC(C)(C)C)c2=O)COC3)cc1. The molecule has 3 rings (SSSR count). The summed E-state index contributed by atoms with van der Waals surface area (Å²) in [6.45, 7) is 4.82. The number of methoxy groups -OCH3 is 1. The van der Waals surface area contributed by atoms with Crippen LogP contribution in [0.1, 0.15) is 58.3 Å². The zero-order valence-corrected chi connectivity index (χ0v) is 18.9. The maximum Gasteiger partial charge on any atom is 0.337 e. The highest BCUT2D eigenvalue weighted by Crippen LogP contribution is 2.30. The Bertz CT molecular complexity index is 1140. The fraction of sp³-hybridized carbons (Fsp3) is 0.391. The summed E-state index contributed by atoms with van der Waals surface area (Å²) < 4.78 is 16.6. The number of amides is 1. The van der Waals surface area contributed by atoms with Gasteiger partial charge in [-0.2, -0.15) is 0 Å². The second kappa shape index (κ2) is 9.45. The van der Waals surface area contributed by atoms with Crippen molar-refractivity contribution in [3.05, 3.63) is 62.6 Å². The van der Waals surface area contributed by atoms with Gasteiger partial charge < -0.3 is 29.2 Å². The highest BCUT2D eigenvalue weighted by molar-refractivity contribution is 5.98. The molecule has 0 saturated carbocycles. The topological polar surface area (TPSA) is 133 Å². The maximum absolute atomic E-state index is 13.2. The Morgan fingerprint density at radius 3 is 2.42 bits per heavy atom. The van der Waals surface area contributed by atoms with E-state index in [1.54, 1.807) is 45.0 Å². The number of carbonyl (C=O) groups excluding carboxylic acids is 3. The van der Waals surface area contributed by atoms with Crippen LogP contribution in [0.4, 0.5) is 0 Å². The molecule has 1 amide bonds. The molecule has 0 bridgehead atoms. The first kappa shape index (κ1) is 24.0. The normalized spacial score (nSPS) is 12.7. The molecule has 0 saturated heterocycles. The molecule has 0 spiro atoms. The summed E-state index contributed by atoms with van der Waals surface area (Å²) in [7, 11) is 1.28. The van der Waals surface area contributed by atoms with E-state index in [9.17, 15) is 24.3 Å². The molecule has 0 unspecified atom stereocenters. The second-order valence-electron chi connectivity index (χ2n) is 8.49. The fourth-order valence-corrected chi connectivity index (χ4v) is 3.41. The highest BCUT2D eigenvalue weighted by atomic mass is 16.6. The molecule has 176 valence electrons. The Balaban J connectivity index is 1.90. The molecule has 2 aromatic rings. The quantitative estimate of drug-likeness (QED) is 0.622. The third-order valence-electron chi connectivity index (χ3n) is 4.90. The lowest BCUT2D eigenvalue weighted by Crippen LogP contribution is -2.38. The minimum Gasteiger partial charge on any atom is -0.506 e. The average molecular weight is 458 g/mol. The lowest BCUT2D eigenvalue weighted by atomic mass is 10.1. The third kappa shape index (κ3) is 5.40. The third-order valence-corrected chi connectivity index (χ3v) is 4.90. The van der Waals surface area contributed by atoms with E-state index in [2.05, 4.69) is 10.1 Å². The van der Waals surface area contributed by atoms with E-state index < -0.39 is 46.9 Å². The molecule has 1 aliphatic rings. The van der Waals surface area contributed by atoms with Crippen LogP contribution in [-0.2, 0) is 38.8 Å². The molecule has 0 radical (unpaired) electrons. The molecular formula is C23H26N2O8. The number of pyridine rings is 1. The Kier molecular flexibility index (Phi) is 6.87. The number of carbonyl (C=O) groups is 3. The summed E-state index contributed by atoms with van der Waals surface area (Å²) in [5, 5.41) is 12.9. The van der Waals surface area contributed by atoms with Crippen LogP contribution in [0.3, 0.4) is 0 Å². The van der Waals surface area contributed by atoms with Crippen LogP contribution in [0.2, 0.25) is 0 Å². The average Bonchev–Trinajstić information content (AvgIpc) is 3.24. The van der Waals surface area contributed by atoms with Gasteiger partial charge in [0.2, 0.25) is 0 Å². The summed E-state index contributed by atoms with van der Waals surface area (Å²) in [6.07, 6.45) is 0. The zero-order valence-electron chi connectivity index (χ0n) is 18.9. The standard InChI is InChI=1S/C23H26N2O8/c1-23(2,3)33-17(26)9-24-20(28)18-19(27)15-11-32-12-16(15)25(21(18)29)10-13-5-7-14(8-6-13)22(30)31-4/h5-8,27H,9-12H2,1-4H3,(H,24,28). The molecule has 1 aliphatic heterocycles. The predicted molar refractivity (Wildman–Crippen MR) is 116 cm³/mol. The number of benzene rings is 1.